The lowest BCUT2D eigenvalue weighted by Gasteiger charge is -2.04. The number of nitrogens with two attached hydrogens (primary N) is 1. The average molecular weight is 207 g/mol. The van der Waals surface area contributed by atoms with Crippen LogP contribution in [-0.4, -0.2) is 5.78 Å². The highest BCUT2D eigenvalue weighted by molar-refractivity contribution is 5.97. The number of rotatable bonds is 3. The zero-order chi connectivity index (χ0) is 11.8. The molecule has 0 saturated carbocycles. The summed E-state index contributed by atoms with van der Waals surface area (Å²) in [5.41, 5.74) is 7.28. The predicted octanol–water partition coefficient (Wildman–Crippen LogP) is 3.01. The average Bonchev–Trinajstić information content (AvgIpc) is 2.31. The van der Waals surface area contributed by atoms with E-state index in [1.54, 1.807) is 0 Å². The zero-order valence-electron chi connectivity index (χ0n) is 10.1. The molecule has 1 rings (SSSR count). The summed E-state index contributed by atoms with van der Waals surface area (Å²) in [7, 11) is 0. The highest BCUT2D eigenvalue weighted by atomic mass is 16.1. The maximum Gasteiger partial charge on any atom is 0.165 e. The normalized spacial score (nSPS) is 9.47. The van der Waals surface area contributed by atoms with Gasteiger partial charge in [-0.05, 0) is 5.56 Å². The molecule has 0 amide bonds. The van der Waals surface area contributed by atoms with E-state index in [4.69, 9.17) is 5.73 Å². The monoisotopic (exact) mass is 207 g/mol. The topological polar surface area (TPSA) is 43.1 Å². The Hall–Kier alpha value is -1.15. The molecule has 0 unspecified atom stereocenters. The van der Waals surface area contributed by atoms with Gasteiger partial charge in [0.25, 0.3) is 0 Å². The molecule has 2 nitrogen and oxygen atoms in total. The van der Waals surface area contributed by atoms with Crippen LogP contribution in [0.3, 0.4) is 0 Å². The molecular formula is C13H21NO. The second-order valence-corrected chi connectivity index (χ2v) is 3.42. The number of carbonyl (C=O) groups is 1. The van der Waals surface area contributed by atoms with Crippen molar-refractivity contribution in [3.05, 3.63) is 35.4 Å². The molecule has 0 aliphatic carbocycles. The van der Waals surface area contributed by atoms with Crippen LogP contribution < -0.4 is 5.73 Å². The third-order valence-electron chi connectivity index (χ3n) is 2.00. The van der Waals surface area contributed by atoms with E-state index in [0.717, 1.165) is 11.1 Å². The fourth-order valence-corrected chi connectivity index (χ4v) is 1.14. The van der Waals surface area contributed by atoms with Crippen LogP contribution in [0.2, 0.25) is 0 Å². The first-order valence-electron chi connectivity index (χ1n) is 5.48. The van der Waals surface area contributed by atoms with Crippen molar-refractivity contribution in [2.45, 2.75) is 34.2 Å². The number of benzene rings is 1. The van der Waals surface area contributed by atoms with Gasteiger partial charge in [0.1, 0.15) is 0 Å². The Morgan fingerprint density at radius 2 is 1.67 bits per heavy atom. The lowest BCUT2D eigenvalue weighted by molar-refractivity contribution is 0.0939. The van der Waals surface area contributed by atoms with Crippen molar-refractivity contribution in [1.82, 2.24) is 0 Å². The third-order valence-corrected chi connectivity index (χ3v) is 2.00. The number of hydrogen-bond acceptors (Lipinski definition) is 2. The Balaban J connectivity index is 0.000000921. The molecule has 2 N–H and O–H groups in total. The molecule has 0 atom stereocenters. The highest BCUT2D eigenvalue weighted by Crippen LogP contribution is 2.09. The van der Waals surface area contributed by atoms with Crippen molar-refractivity contribution in [2.24, 2.45) is 11.7 Å². The largest absolute Gasteiger partial charge is 0.326 e. The number of hydrogen-bond donors (Lipinski definition) is 1. The lowest BCUT2D eigenvalue weighted by atomic mass is 10.0. The van der Waals surface area contributed by atoms with Crippen LogP contribution in [0, 0.1) is 5.92 Å². The molecule has 15 heavy (non-hydrogen) atoms. The minimum atomic E-state index is 0.0590. The van der Waals surface area contributed by atoms with Crippen LogP contribution >= 0.6 is 0 Å². The Morgan fingerprint density at radius 3 is 2.00 bits per heavy atom. The fraction of sp³-hybridized carbons (Fsp3) is 0.462. The van der Waals surface area contributed by atoms with E-state index >= 15 is 0 Å². The SMILES string of the molecule is CC.CC(C)C(=O)c1ccc(CN)cc1. The van der Waals surface area contributed by atoms with E-state index in [1.165, 1.54) is 0 Å². The van der Waals surface area contributed by atoms with E-state index in [2.05, 4.69) is 0 Å². The lowest BCUT2D eigenvalue weighted by Crippen LogP contribution is -2.07. The van der Waals surface area contributed by atoms with Gasteiger partial charge in [0, 0.05) is 18.0 Å². The summed E-state index contributed by atoms with van der Waals surface area (Å²) in [5.74, 6) is 0.243. The standard InChI is InChI=1S/C11H15NO.C2H6/c1-8(2)11(13)10-5-3-9(7-12)4-6-10;1-2/h3-6,8H,7,12H2,1-2H3;1-2H3. The summed E-state index contributed by atoms with van der Waals surface area (Å²) in [4.78, 5) is 11.5. The second-order valence-electron chi connectivity index (χ2n) is 3.42. The minimum absolute atomic E-state index is 0.0590. The fourth-order valence-electron chi connectivity index (χ4n) is 1.14. The van der Waals surface area contributed by atoms with Crippen molar-refractivity contribution < 1.29 is 4.79 Å². The molecule has 1 aromatic carbocycles. The number of ketones is 1. The van der Waals surface area contributed by atoms with Crippen LogP contribution in [0.4, 0.5) is 0 Å². The van der Waals surface area contributed by atoms with E-state index in [1.807, 2.05) is 52.0 Å². The smallest absolute Gasteiger partial charge is 0.165 e. The minimum Gasteiger partial charge on any atom is -0.326 e. The Kier molecular flexibility index (Phi) is 6.63. The molecule has 1 aromatic rings. The van der Waals surface area contributed by atoms with Gasteiger partial charge < -0.3 is 5.73 Å². The van der Waals surface area contributed by atoms with Gasteiger partial charge in [0.05, 0.1) is 0 Å². The Bertz CT molecular complexity index is 288. The molecule has 84 valence electrons. The van der Waals surface area contributed by atoms with Gasteiger partial charge in [-0.2, -0.15) is 0 Å². The van der Waals surface area contributed by atoms with E-state index in [0.29, 0.717) is 6.54 Å². The van der Waals surface area contributed by atoms with Crippen LogP contribution in [0.15, 0.2) is 24.3 Å². The van der Waals surface area contributed by atoms with Crippen molar-refractivity contribution >= 4 is 5.78 Å². The van der Waals surface area contributed by atoms with Crippen molar-refractivity contribution in [3.8, 4) is 0 Å². The molecule has 0 aliphatic heterocycles. The maximum atomic E-state index is 11.5. The van der Waals surface area contributed by atoms with E-state index < -0.39 is 0 Å². The van der Waals surface area contributed by atoms with Crippen LogP contribution in [0.1, 0.15) is 43.6 Å². The summed E-state index contributed by atoms with van der Waals surface area (Å²) in [5, 5.41) is 0. The molecule has 2 heteroatoms. The first-order valence-corrected chi connectivity index (χ1v) is 5.48. The van der Waals surface area contributed by atoms with E-state index in [-0.39, 0.29) is 11.7 Å². The quantitative estimate of drug-likeness (QED) is 0.774. The molecule has 0 heterocycles. The molecule has 0 aromatic heterocycles. The molecule has 0 spiro atoms. The van der Waals surface area contributed by atoms with Crippen molar-refractivity contribution in [2.75, 3.05) is 0 Å². The summed E-state index contributed by atoms with van der Waals surface area (Å²) in [6.45, 7) is 8.33. The molecular weight excluding hydrogens is 186 g/mol. The maximum absolute atomic E-state index is 11.5. The van der Waals surface area contributed by atoms with E-state index in [9.17, 15) is 4.79 Å². The predicted molar refractivity (Wildman–Crippen MR) is 64.8 cm³/mol. The highest BCUT2D eigenvalue weighted by Gasteiger charge is 2.09. The first-order chi connectivity index (χ1) is 7.15. The van der Waals surface area contributed by atoms with Gasteiger partial charge in [-0.1, -0.05) is 52.0 Å². The van der Waals surface area contributed by atoms with Gasteiger partial charge >= 0.3 is 0 Å². The Labute approximate surface area is 92.5 Å². The van der Waals surface area contributed by atoms with Crippen molar-refractivity contribution in [1.29, 1.82) is 0 Å². The van der Waals surface area contributed by atoms with Gasteiger partial charge in [-0.15, -0.1) is 0 Å². The summed E-state index contributed by atoms with van der Waals surface area (Å²) < 4.78 is 0. The summed E-state index contributed by atoms with van der Waals surface area (Å²) in [6.07, 6.45) is 0. The number of Topliss-reactive ketones (excluding diaryl/α,β-unsaturated/α-hetero) is 1. The summed E-state index contributed by atoms with van der Waals surface area (Å²) >= 11 is 0. The van der Waals surface area contributed by atoms with Gasteiger partial charge in [-0.3, -0.25) is 4.79 Å². The molecule has 0 aliphatic rings. The van der Waals surface area contributed by atoms with Gasteiger partial charge in [0.2, 0.25) is 0 Å². The summed E-state index contributed by atoms with van der Waals surface area (Å²) in [6, 6.07) is 7.47. The first kappa shape index (κ1) is 13.8. The van der Waals surface area contributed by atoms with Gasteiger partial charge in [0.15, 0.2) is 5.78 Å². The van der Waals surface area contributed by atoms with Crippen LogP contribution in [-0.2, 0) is 6.54 Å². The second kappa shape index (κ2) is 7.18. The van der Waals surface area contributed by atoms with Crippen LogP contribution in [0.5, 0.6) is 0 Å². The Morgan fingerprint density at radius 1 is 1.20 bits per heavy atom. The molecule has 0 radical (unpaired) electrons. The zero-order valence-corrected chi connectivity index (χ0v) is 10.1. The molecule has 0 fully saturated rings. The van der Waals surface area contributed by atoms with Crippen LogP contribution in [0.25, 0.3) is 0 Å². The molecule has 0 bridgehead atoms. The number of carbonyl (C=O) groups excluding carboxylic acids is 1. The van der Waals surface area contributed by atoms with Crippen molar-refractivity contribution in [3.63, 3.8) is 0 Å². The molecule has 0 saturated heterocycles. The third kappa shape index (κ3) is 4.26. The van der Waals surface area contributed by atoms with Gasteiger partial charge in [-0.25, -0.2) is 0 Å².